The van der Waals surface area contributed by atoms with Gasteiger partial charge in [-0.15, -0.1) is 10.2 Å². The molecule has 0 saturated heterocycles. The number of hydrogen-bond donors (Lipinski definition) is 0. The maximum Gasteiger partial charge on any atom is 0.151 e. The van der Waals surface area contributed by atoms with Gasteiger partial charge < -0.3 is 4.74 Å². The Morgan fingerprint density at radius 2 is 1.76 bits per heavy atom. The van der Waals surface area contributed by atoms with Gasteiger partial charge in [-0.2, -0.15) is 0 Å². The molecule has 5 nitrogen and oxygen atoms in total. The van der Waals surface area contributed by atoms with Crippen molar-refractivity contribution < 1.29 is 4.74 Å². The molecule has 1 fully saturated rings. The van der Waals surface area contributed by atoms with Crippen LogP contribution in [0, 0.1) is 0 Å². The number of rotatable bonds is 3. The van der Waals surface area contributed by atoms with E-state index in [0.29, 0.717) is 5.92 Å². The lowest BCUT2D eigenvalue weighted by Crippen LogP contribution is -2.25. The molecular weight excluding hydrogens is 432 g/mol. The van der Waals surface area contributed by atoms with Gasteiger partial charge in [-0.1, -0.05) is 44.5 Å². The fourth-order valence-electron chi connectivity index (χ4n) is 5.11. The summed E-state index contributed by atoms with van der Waals surface area (Å²) in [6.45, 7) is 8.35. The van der Waals surface area contributed by atoms with Crippen molar-refractivity contribution in [3.63, 3.8) is 0 Å². The molecule has 0 bridgehead atoms. The molecule has 2 aromatic carbocycles. The van der Waals surface area contributed by atoms with E-state index >= 15 is 0 Å². The highest BCUT2D eigenvalue weighted by molar-refractivity contribution is 6.30. The summed E-state index contributed by atoms with van der Waals surface area (Å²) in [5.41, 5.74) is 3.82. The molecule has 1 aliphatic carbocycles. The molecule has 3 aromatic rings. The molecule has 5 rings (SSSR count). The smallest absolute Gasteiger partial charge is 0.151 e. The van der Waals surface area contributed by atoms with Gasteiger partial charge in [0.1, 0.15) is 11.6 Å². The summed E-state index contributed by atoms with van der Waals surface area (Å²) in [5, 5.41) is 10.0. The standard InChI is InChI=1S/C27H33ClN4O/c1-27(2,3)20-6-5-7-23(15-20)33-22-11-8-18(9-12-22)26-30-29-25-17-31(4)16-19-14-21(28)10-13-24(19)32(25)26/h5-7,10,13-15,18,22H,8-9,11-12,16-17H2,1-4H3/t18-,22-. The van der Waals surface area contributed by atoms with Crippen molar-refractivity contribution in [1.82, 2.24) is 19.7 Å². The largest absolute Gasteiger partial charge is 0.490 e. The maximum atomic E-state index is 6.41. The Bertz CT molecular complexity index is 1140. The predicted octanol–water partition coefficient (Wildman–Crippen LogP) is 6.27. The topological polar surface area (TPSA) is 43.2 Å². The molecule has 6 heteroatoms. The third kappa shape index (κ3) is 4.67. The number of halogens is 1. The van der Waals surface area contributed by atoms with Gasteiger partial charge in [0.15, 0.2) is 5.82 Å². The van der Waals surface area contributed by atoms with Gasteiger partial charge >= 0.3 is 0 Å². The number of benzene rings is 2. The molecule has 0 spiro atoms. The van der Waals surface area contributed by atoms with E-state index in [2.05, 4.69) is 83.9 Å². The number of nitrogens with zero attached hydrogens (tertiary/aromatic N) is 4. The second kappa shape index (κ2) is 8.77. The van der Waals surface area contributed by atoms with Gasteiger partial charge in [0.05, 0.1) is 18.3 Å². The molecule has 1 saturated carbocycles. The molecule has 33 heavy (non-hydrogen) atoms. The molecule has 2 aliphatic rings. The van der Waals surface area contributed by atoms with Crippen molar-refractivity contribution in [3.8, 4) is 11.4 Å². The van der Waals surface area contributed by atoms with Crippen molar-refractivity contribution in [2.45, 2.75) is 77.0 Å². The Labute approximate surface area is 201 Å². The Hall–Kier alpha value is -2.37. The second-order valence-corrected chi connectivity index (χ2v) is 11.1. The summed E-state index contributed by atoms with van der Waals surface area (Å²) in [7, 11) is 2.12. The van der Waals surface area contributed by atoms with Crippen LogP contribution in [0.2, 0.25) is 5.02 Å². The summed E-state index contributed by atoms with van der Waals surface area (Å²) in [6, 6.07) is 14.7. The Kier molecular flexibility index (Phi) is 5.96. The van der Waals surface area contributed by atoms with E-state index in [-0.39, 0.29) is 11.5 Å². The minimum Gasteiger partial charge on any atom is -0.490 e. The summed E-state index contributed by atoms with van der Waals surface area (Å²) in [5.74, 6) is 3.46. The maximum absolute atomic E-state index is 6.41. The summed E-state index contributed by atoms with van der Waals surface area (Å²) >= 11 is 6.31. The lowest BCUT2D eigenvalue weighted by Gasteiger charge is -2.29. The molecule has 0 unspecified atom stereocenters. The third-order valence-corrected chi connectivity index (χ3v) is 7.17. The molecule has 1 aromatic heterocycles. The Morgan fingerprint density at radius 1 is 0.970 bits per heavy atom. The molecule has 2 heterocycles. The normalized spacial score (nSPS) is 21.2. The Morgan fingerprint density at radius 3 is 2.52 bits per heavy atom. The van der Waals surface area contributed by atoms with Crippen LogP contribution in [0.5, 0.6) is 5.75 Å². The van der Waals surface area contributed by atoms with Crippen LogP contribution in [0.25, 0.3) is 5.69 Å². The van der Waals surface area contributed by atoms with Crippen LogP contribution in [0.3, 0.4) is 0 Å². The van der Waals surface area contributed by atoms with Crippen LogP contribution in [0.4, 0.5) is 0 Å². The molecule has 0 amide bonds. The summed E-state index contributed by atoms with van der Waals surface area (Å²) in [4.78, 5) is 2.27. The Balaban J connectivity index is 1.33. The number of hydrogen-bond acceptors (Lipinski definition) is 4. The van der Waals surface area contributed by atoms with Gasteiger partial charge in [0, 0.05) is 17.5 Å². The lowest BCUT2D eigenvalue weighted by molar-refractivity contribution is 0.144. The van der Waals surface area contributed by atoms with Crippen LogP contribution < -0.4 is 4.74 Å². The number of aromatic nitrogens is 3. The van der Waals surface area contributed by atoms with Crippen LogP contribution in [-0.2, 0) is 18.5 Å². The van der Waals surface area contributed by atoms with E-state index in [4.69, 9.17) is 16.3 Å². The van der Waals surface area contributed by atoms with Crippen molar-refractivity contribution in [2.24, 2.45) is 0 Å². The molecule has 0 atom stereocenters. The van der Waals surface area contributed by atoms with Crippen LogP contribution in [0.1, 0.15) is 75.1 Å². The van der Waals surface area contributed by atoms with Gasteiger partial charge in [0.25, 0.3) is 0 Å². The predicted molar refractivity (Wildman–Crippen MR) is 132 cm³/mol. The first kappa shape index (κ1) is 22.4. The molecule has 1 aliphatic heterocycles. The quantitative estimate of drug-likeness (QED) is 0.458. The van der Waals surface area contributed by atoms with Gasteiger partial charge in [-0.05, 0) is 79.6 Å². The monoisotopic (exact) mass is 464 g/mol. The van der Waals surface area contributed by atoms with E-state index in [0.717, 1.165) is 66.9 Å². The SMILES string of the molecule is CN1Cc2cc(Cl)ccc2-n2c(nnc2[C@H]2CC[C@H](Oc3cccc(C(C)(C)C)c3)CC2)C1. The zero-order valence-corrected chi connectivity index (χ0v) is 20.8. The van der Waals surface area contributed by atoms with Crippen LogP contribution in [0.15, 0.2) is 42.5 Å². The van der Waals surface area contributed by atoms with E-state index in [1.54, 1.807) is 0 Å². The third-order valence-electron chi connectivity index (χ3n) is 6.93. The van der Waals surface area contributed by atoms with Crippen molar-refractivity contribution in [3.05, 3.63) is 70.3 Å². The second-order valence-electron chi connectivity index (χ2n) is 10.6. The summed E-state index contributed by atoms with van der Waals surface area (Å²) in [6.07, 6.45) is 4.42. The van der Waals surface area contributed by atoms with Crippen LogP contribution in [-0.4, -0.2) is 32.8 Å². The lowest BCUT2D eigenvalue weighted by atomic mass is 9.86. The highest BCUT2D eigenvalue weighted by atomic mass is 35.5. The fraction of sp³-hybridized carbons (Fsp3) is 0.481. The minimum absolute atomic E-state index is 0.122. The number of fused-ring (bicyclic) bond motifs is 3. The zero-order valence-electron chi connectivity index (χ0n) is 20.0. The zero-order chi connectivity index (χ0) is 23.2. The first-order valence-corrected chi connectivity index (χ1v) is 12.3. The average Bonchev–Trinajstić information content (AvgIpc) is 3.11. The van der Waals surface area contributed by atoms with Crippen molar-refractivity contribution in [1.29, 1.82) is 0 Å². The van der Waals surface area contributed by atoms with Gasteiger partial charge in [0.2, 0.25) is 0 Å². The van der Waals surface area contributed by atoms with Gasteiger partial charge in [-0.3, -0.25) is 9.47 Å². The highest BCUT2D eigenvalue weighted by Gasteiger charge is 2.30. The minimum atomic E-state index is 0.122. The van der Waals surface area contributed by atoms with Crippen molar-refractivity contribution >= 4 is 11.6 Å². The average molecular weight is 465 g/mol. The summed E-state index contributed by atoms with van der Waals surface area (Å²) < 4.78 is 8.69. The highest BCUT2D eigenvalue weighted by Crippen LogP contribution is 2.37. The van der Waals surface area contributed by atoms with E-state index in [9.17, 15) is 0 Å². The van der Waals surface area contributed by atoms with E-state index < -0.39 is 0 Å². The molecule has 174 valence electrons. The first-order chi connectivity index (χ1) is 15.8. The first-order valence-electron chi connectivity index (χ1n) is 12.0. The fourth-order valence-corrected chi connectivity index (χ4v) is 5.31. The van der Waals surface area contributed by atoms with E-state index in [1.165, 1.54) is 11.1 Å². The van der Waals surface area contributed by atoms with Crippen molar-refractivity contribution in [2.75, 3.05) is 7.05 Å². The van der Waals surface area contributed by atoms with E-state index in [1.807, 2.05) is 6.07 Å². The molecule has 0 radical (unpaired) electrons. The molecular formula is C27H33ClN4O. The van der Waals surface area contributed by atoms with Gasteiger partial charge in [-0.25, -0.2) is 0 Å². The van der Waals surface area contributed by atoms with Crippen LogP contribution >= 0.6 is 11.6 Å². The number of ether oxygens (including phenoxy) is 1. The molecule has 0 N–H and O–H groups in total.